The van der Waals surface area contributed by atoms with Crippen LogP contribution < -0.4 is 10.2 Å². The molecule has 1 aliphatic carbocycles. The highest BCUT2D eigenvalue weighted by molar-refractivity contribution is 5.83. The molecule has 0 spiro atoms. The molecule has 196 valence electrons. The summed E-state index contributed by atoms with van der Waals surface area (Å²) >= 11 is 0. The smallest absolute Gasteiger partial charge is 0.335 e. The molecular weight excluding hydrogens is 473 g/mol. The van der Waals surface area contributed by atoms with Gasteiger partial charge in [0.05, 0.1) is 12.3 Å². The zero-order valence-electron chi connectivity index (χ0n) is 20.2. The molecule has 36 heavy (non-hydrogen) atoms. The molecule has 1 aliphatic heterocycles. The lowest BCUT2D eigenvalue weighted by Gasteiger charge is -2.35. The Kier molecular flexibility index (Phi) is 9.32. The van der Waals surface area contributed by atoms with Crippen molar-refractivity contribution in [3.05, 3.63) is 58.5 Å². The van der Waals surface area contributed by atoms with Gasteiger partial charge in [-0.2, -0.15) is 0 Å². The van der Waals surface area contributed by atoms with Gasteiger partial charge >= 0.3 is 11.9 Å². The largest absolute Gasteiger partial charge is 0.479 e. The van der Waals surface area contributed by atoms with E-state index in [-0.39, 0.29) is 11.9 Å². The highest BCUT2D eigenvalue weighted by atomic mass is 19.1. The molecule has 4 rings (SSSR count). The number of aromatic nitrogens is 1. The molecule has 2 unspecified atom stereocenters. The molecule has 0 radical (unpaired) electrons. The number of nitrogens with one attached hydrogen (secondary N) is 1. The number of nitrogens with zero attached hydrogens (tertiary/aromatic N) is 2. The standard InChI is InChI=1S/C21H26FN3O.C4H6O6/c1-14-3-6-18(22)11-17(14)13-26-19-7-4-16-5-8-20(24-21(16)19)25-10-9-23-12-15(25)2;5-1(3(7)8)2(6)4(9)10/h3,5-6,8,11,15,19,23H,4,7,9-10,12-13H2,1-2H3;1-2,5-6H,(H,7,8)(H,9,10)/t15-,19+;/m1./s1. The number of pyridine rings is 1. The van der Waals surface area contributed by atoms with Crippen LogP contribution in [-0.2, 0) is 27.4 Å². The van der Waals surface area contributed by atoms with Gasteiger partial charge in [-0.15, -0.1) is 0 Å². The summed E-state index contributed by atoms with van der Waals surface area (Å²) in [5.74, 6) is -2.71. The van der Waals surface area contributed by atoms with Crippen LogP contribution in [0.3, 0.4) is 0 Å². The second-order valence-corrected chi connectivity index (χ2v) is 8.94. The summed E-state index contributed by atoms with van der Waals surface area (Å²) < 4.78 is 19.7. The van der Waals surface area contributed by atoms with E-state index in [0.717, 1.165) is 55.1 Å². The van der Waals surface area contributed by atoms with Gasteiger partial charge in [-0.25, -0.2) is 19.0 Å². The molecule has 1 aromatic carbocycles. The summed E-state index contributed by atoms with van der Waals surface area (Å²) in [5.41, 5.74) is 4.30. The second-order valence-electron chi connectivity index (χ2n) is 8.94. The van der Waals surface area contributed by atoms with Gasteiger partial charge < -0.3 is 35.4 Å². The minimum Gasteiger partial charge on any atom is -0.479 e. The highest BCUT2D eigenvalue weighted by Gasteiger charge is 2.29. The number of aliphatic carboxylic acids is 2. The molecule has 11 heteroatoms. The van der Waals surface area contributed by atoms with E-state index >= 15 is 0 Å². The normalized spacial score (nSPS) is 20.6. The molecule has 1 fully saturated rings. The van der Waals surface area contributed by atoms with Crippen LogP contribution in [-0.4, -0.2) is 75.2 Å². The number of carboxylic acids is 2. The van der Waals surface area contributed by atoms with E-state index in [1.165, 1.54) is 11.6 Å². The van der Waals surface area contributed by atoms with Crippen molar-refractivity contribution in [3.63, 3.8) is 0 Å². The summed E-state index contributed by atoms with van der Waals surface area (Å²) in [5, 5.41) is 35.9. The highest BCUT2D eigenvalue weighted by Crippen LogP contribution is 2.35. The molecule has 0 amide bonds. The van der Waals surface area contributed by atoms with Crippen molar-refractivity contribution in [2.45, 2.75) is 57.6 Å². The molecule has 10 nitrogen and oxygen atoms in total. The van der Waals surface area contributed by atoms with Crippen LogP contribution in [0, 0.1) is 12.7 Å². The minimum absolute atomic E-state index is 0.00848. The van der Waals surface area contributed by atoms with Gasteiger partial charge in [-0.3, -0.25) is 0 Å². The SMILES string of the molecule is Cc1ccc(F)cc1CO[C@H]1CCc2ccc(N3CCNC[C@H]3C)nc21.O=C(O)C(O)C(O)C(=O)O. The number of piperazine rings is 1. The van der Waals surface area contributed by atoms with E-state index in [1.54, 1.807) is 12.1 Å². The zero-order valence-corrected chi connectivity index (χ0v) is 20.2. The first-order valence-corrected chi connectivity index (χ1v) is 11.7. The van der Waals surface area contributed by atoms with Crippen LogP contribution in [0.15, 0.2) is 30.3 Å². The van der Waals surface area contributed by atoms with E-state index in [0.29, 0.717) is 12.6 Å². The maximum atomic E-state index is 13.5. The van der Waals surface area contributed by atoms with E-state index in [2.05, 4.69) is 29.3 Å². The van der Waals surface area contributed by atoms with Gasteiger partial charge in [-0.05, 0) is 61.6 Å². The van der Waals surface area contributed by atoms with Gasteiger partial charge in [0.15, 0.2) is 12.2 Å². The number of anilines is 1. The van der Waals surface area contributed by atoms with Crippen molar-refractivity contribution in [1.82, 2.24) is 10.3 Å². The Morgan fingerprint density at radius 1 is 1.19 bits per heavy atom. The molecule has 0 saturated carbocycles. The summed E-state index contributed by atoms with van der Waals surface area (Å²) in [7, 11) is 0. The third-order valence-corrected chi connectivity index (χ3v) is 6.33. The van der Waals surface area contributed by atoms with E-state index in [4.69, 9.17) is 30.1 Å². The van der Waals surface area contributed by atoms with Crippen molar-refractivity contribution in [1.29, 1.82) is 0 Å². The first kappa shape index (κ1) is 27.5. The van der Waals surface area contributed by atoms with Crippen LogP contribution in [0.4, 0.5) is 10.2 Å². The molecule has 2 aliphatic rings. The van der Waals surface area contributed by atoms with Crippen LogP contribution in [0.25, 0.3) is 0 Å². The number of hydrogen-bond donors (Lipinski definition) is 5. The lowest BCUT2D eigenvalue weighted by atomic mass is 10.1. The third kappa shape index (κ3) is 6.76. The van der Waals surface area contributed by atoms with Crippen LogP contribution in [0.2, 0.25) is 0 Å². The number of rotatable bonds is 7. The van der Waals surface area contributed by atoms with Gasteiger partial charge in [0.2, 0.25) is 0 Å². The molecule has 5 N–H and O–H groups in total. The number of aliphatic hydroxyl groups is 2. The fraction of sp³-hybridized carbons (Fsp3) is 0.480. The van der Waals surface area contributed by atoms with Crippen molar-refractivity contribution >= 4 is 17.8 Å². The summed E-state index contributed by atoms with van der Waals surface area (Å²) in [4.78, 5) is 26.9. The number of ether oxygens (including phenoxy) is 1. The molecule has 2 aromatic rings. The van der Waals surface area contributed by atoms with Crippen LogP contribution in [0.1, 0.15) is 41.8 Å². The van der Waals surface area contributed by atoms with Gasteiger partial charge in [-0.1, -0.05) is 12.1 Å². The maximum Gasteiger partial charge on any atom is 0.335 e. The minimum atomic E-state index is -2.27. The number of halogens is 1. The number of aliphatic hydroxyl groups excluding tert-OH is 2. The first-order valence-electron chi connectivity index (χ1n) is 11.7. The molecule has 0 bridgehead atoms. The van der Waals surface area contributed by atoms with Crippen LogP contribution >= 0.6 is 0 Å². The molecule has 1 saturated heterocycles. The Morgan fingerprint density at radius 2 is 1.89 bits per heavy atom. The molecule has 1 aromatic heterocycles. The Labute approximate surface area is 208 Å². The predicted octanol–water partition coefficient (Wildman–Crippen LogP) is 1.41. The number of benzene rings is 1. The van der Waals surface area contributed by atoms with Crippen molar-refractivity contribution in [2.24, 2.45) is 0 Å². The van der Waals surface area contributed by atoms with Gasteiger partial charge in [0, 0.05) is 25.7 Å². The monoisotopic (exact) mass is 505 g/mol. The first-order chi connectivity index (χ1) is 17.1. The number of fused-ring (bicyclic) bond motifs is 1. The Bertz CT molecular complexity index is 1070. The Morgan fingerprint density at radius 3 is 2.53 bits per heavy atom. The quantitative estimate of drug-likeness (QED) is 0.373. The number of hydrogen-bond acceptors (Lipinski definition) is 8. The molecular formula is C25H32FN3O7. The van der Waals surface area contributed by atoms with E-state index in [9.17, 15) is 14.0 Å². The Hall–Kier alpha value is -3.12. The lowest BCUT2D eigenvalue weighted by molar-refractivity contribution is -0.165. The fourth-order valence-corrected chi connectivity index (χ4v) is 4.17. The number of carboxylic acid groups (broad SMARTS) is 2. The summed E-state index contributed by atoms with van der Waals surface area (Å²) in [6.45, 7) is 7.58. The summed E-state index contributed by atoms with van der Waals surface area (Å²) in [6, 6.07) is 9.63. The lowest BCUT2D eigenvalue weighted by Crippen LogP contribution is -2.50. The Balaban J connectivity index is 0.000000308. The van der Waals surface area contributed by atoms with E-state index in [1.807, 2.05) is 6.92 Å². The predicted molar refractivity (Wildman–Crippen MR) is 128 cm³/mol. The van der Waals surface area contributed by atoms with Crippen molar-refractivity contribution < 1.29 is 39.1 Å². The molecule has 4 atom stereocenters. The third-order valence-electron chi connectivity index (χ3n) is 6.33. The zero-order chi connectivity index (χ0) is 26.4. The van der Waals surface area contributed by atoms with Gasteiger partial charge in [0.1, 0.15) is 17.7 Å². The topological polar surface area (TPSA) is 152 Å². The average Bonchev–Trinajstić information content (AvgIpc) is 3.26. The maximum absolute atomic E-state index is 13.5. The fourth-order valence-electron chi connectivity index (χ4n) is 4.17. The van der Waals surface area contributed by atoms with E-state index < -0.39 is 24.1 Å². The number of carbonyl (C=O) groups is 2. The second kappa shape index (κ2) is 12.2. The van der Waals surface area contributed by atoms with Crippen LogP contribution in [0.5, 0.6) is 0 Å². The molecule has 2 heterocycles. The van der Waals surface area contributed by atoms with Crippen molar-refractivity contribution in [3.8, 4) is 0 Å². The van der Waals surface area contributed by atoms with Gasteiger partial charge in [0.25, 0.3) is 0 Å². The van der Waals surface area contributed by atoms with Crippen molar-refractivity contribution in [2.75, 3.05) is 24.5 Å². The summed E-state index contributed by atoms with van der Waals surface area (Å²) in [6.07, 6.45) is -2.61. The number of aryl methyl sites for hydroxylation is 2. The average molecular weight is 506 g/mol.